The minimum absolute atomic E-state index is 0.107. The molecular weight excluding hydrogens is 465 g/mol. The van der Waals surface area contributed by atoms with Crippen LogP contribution in [0.15, 0.2) is 28.7 Å². The number of likely N-dealkylation sites (N-methyl/N-ethyl adjacent to an activating group) is 1. The molecule has 0 radical (unpaired) electrons. The van der Waals surface area contributed by atoms with Crippen LogP contribution in [0.3, 0.4) is 0 Å². The first-order valence-electron chi connectivity index (χ1n) is 11.0. The molecule has 0 saturated heterocycles. The van der Waals surface area contributed by atoms with Crippen LogP contribution >= 0.6 is 0 Å². The van der Waals surface area contributed by atoms with Crippen molar-refractivity contribution in [3.8, 4) is 5.75 Å². The topological polar surface area (TPSA) is 199 Å². The van der Waals surface area contributed by atoms with Gasteiger partial charge in [0.15, 0.2) is 17.1 Å². The van der Waals surface area contributed by atoms with Crippen LogP contribution in [0.4, 0.5) is 10.1 Å². The van der Waals surface area contributed by atoms with Crippen LogP contribution in [-0.2, 0) is 20.8 Å². The Bertz CT molecular complexity index is 1250. The van der Waals surface area contributed by atoms with Crippen LogP contribution in [0.5, 0.6) is 5.75 Å². The van der Waals surface area contributed by atoms with E-state index in [9.17, 15) is 39.6 Å². The van der Waals surface area contributed by atoms with E-state index in [1.54, 1.807) is 6.92 Å². The zero-order chi connectivity index (χ0) is 25.8. The Morgan fingerprint density at radius 1 is 1.23 bits per heavy atom. The van der Waals surface area contributed by atoms with E-state index in [0.29, 0.717) is 6.54 Å². The number of phenolic OH excluding ortho intramolecular Hbond substituents is 1. The number of halogens is 1. The summed E-state index contributed by atoms with van der Waals surface area (Å²) in [5.41, 5.74) is 0.130. The van der Waals surface area contributed by atoms with E-state index >= 15 is 4.39 Å². The molecule has 1 aromatic rings. The maximum absolute atomic E-state index is 15.0. The van der Waals surface area contributed by atoms with E-state index in [1.807, 2.05) is 0 Å². The summed E-state index contributed by atoms with van der Waals surface area (Å²) in [6, 6.07) is 0.886. The van der Waals surface area contributed by atoms with Crippen molar-refractivity contribution in [3.05, 3.63) is 45.7 Å². The Labute approximate surface area is 198 Å². The molecule has 4 rings (SSSR count). The van der Waals surface area contributed by atoms with E-state index in [2.05, 4.69) is 10.6 Å². The highest BCUT2D eigenvalue weighted by Gasteiger charge is 2.59. The molecule has 0 bridgehead atoms. The van der Waals surface area contributed by atoms with E-state index in [0.717, 1.165) is 6.07 Å². The molecule has 8 N–H and O–H groups in total. The number of carbonyl (C=O) groups excluding carboxylic acids is 4. The number of rotatable bonds is 5. The first kappa shape index (κ1) is 24.4. The smallest absolute Gasteiger partial charge is 0.255 e. The van der Waals surface area contributed by atoms with Gasteiger partial charge >= 0.3 is 0 Å². The molecule has 0 heterocycles. The van der Waals surface area contributed by atoms with Crippen molar-refractivity contribution in [1.82, 2.24) is 5.32 Å². The number of hydrogen-bond donors (Lipinski definition) is 7. The predicted octanol–water partition coefficient (Wildman–Crippen LogP) is 0.268. The quantitative estimate of drug-likeness (QED) is 0.224. The Hall–Kier alpha value is -3.77. The van der Waals surface area contributed by atoms with Crippen molar-refractivity contribution in [1.29, 1.82) is 0 Å². The number of amides is 2. The first-order valence-corrected chi connectivity index (χ1v) is 11.0. The van der Waals surface area contributed by atoms with Gasteiger partial charge in [-0.2, -0.15) is 0 Å². The first-order chi connectivity index (χ1) is 16.4. The van der Waals surface area contributed by atoms with Gasteiger partial charge in [-0.25, -0.2) is 4.39 Å². The second kappa shape index (κ2) is 8.47. The number of aromatic hydroxyl groups is 1. The zero-order valence-corrected chi connectivity index (χ0v) is 18.6. The number of ketones is 2. The molecule has 35 heavy (non-hydrogen) atoms. The fourth-order valence-electron chi connectivity index (χ4n) is 5.17. The molecule has 0 spiro atoms. The Kier molecular flexibility index (Phi) is 5.89. The summed E-state index contributed by atoms with van der Waals surface area (Å²) in [5.74, 6) is -9.52. The summed E-state index contributed by atoms with van der Waals surface area (Å²) in [4.78, 5) is 50.0. The van der Waals surface area contributed by atoms with Crippen molar-refractivity contribution in [2.75, 3.05) is 18.4 Å². The van der Waals surface area contributed by atoms with Gasteiger partial charge in [0.25, 0.3) is 5.91 Å². The van der Waals surface area contributed by atoms with Crippen LogP contribution in [0.1, 0.15) is 35.7 Å². The van der Waals surface area contributed by atoms with Gasteiger partial charge in [0.05, 0.1) is 17.8 Å². The lowest BCUT2D eigenvalue weighted by Crippen LogP contribution is -2.57. The van der Waals surface area contributed by atoms with Gasteiger partial charge in [0.1, 0.15) is 22.9 Å². The SMILES string of the molecule is CCNCC(=O)Nc1cc(F)c2c(c1O)C(=O)C1=C(O)[C@]3(O)C(=O)C(C(N)=O)=C(O)C[C@@H]3CC1C2. The molecule has 3 atom stereocenters. The Morgan fingerprint density at radius 2 is 1.91 bits per heavy atom. The highest BCUT2D eigenvalue weighted by atomic mass is 19.1. The molecule has 12 heteroatoms. The van der Waals surface area contributed by atoms with Gasteiger partial charge in [-0.3, -0.25) is 19.2 Å². The van der Waals surface area contributed by atoms with Gasteiger partial charge in [-0.15, -0.1) is 0 Å². The largest absolute Gasteiger partial charge is 0.511 e. The number of carbonyl (C=O) groups is 4. The second-order valence-corrected chi connectivity index (χ2v) is 8.85. The summed E-state index contributed by atoms with van der Waals surface area (Å²) < 4.78 is 15.0. The van der Waals surface area contributed by atoms with E-state index in [-0.39, 0.29) is 37.1 Å². The third-order valence-corrected chi connectivity index (χ3v) is 6.82. The number of nitrogens with one attached hydrogen (secondary N) is 2. The normalized spacial score (nSPS) is 25.7. The number of benzene rings is 1. The molecule has 3 aliphatic carbocycles. The lowest BCUT2D eigenvalue weighted by Gasteiger charge is -2.45. The lowest BCUT2D eigenvalue weighted by atomic mass is 9.60. The fourth-order valence-corrected chi connectivity index (χ4v) is 5.17. The summed E-state index contributed by atoms with van der Waals surface area (Å²) in [7, 11) is 0. The van der Waals surface area contributed by atoms with Crippen LogP contribution in [0, 0.1) is 17.7 Å². The van der Waals surface area contributed by atoms with Crippen LogP contribution in [0.25, 0.3) is 0 Å². The number of Topliss-reactive ketones (excluding diaryl/α,β-unsaturated/α-hetero) is 2. The minimum atomic E-state index is -2.71. The van der Waals surface area contributed by atoms with Crippen LogP contribution < -0.4 is 16.4 Å². The van der Waals surface area contributed by atoms with Gasteiger partial charge < -0.3 is 36.8 Å². The number of phenols is 1. The van der Waals surface area contributed by atoms with Gasteiger partial charge in [-0.05, 0) is 25.3 Å². The monoisotopic (exact) mass is 489 g/mol. The minimum Gasteiger partial charge on any atom is -0.511 e. The van der Waals surface area contributed by atoms with Crippen LogP contribution in [-0.4, -0.2) is 62.5 Å². The third kappa shape index (κ3) is 3.56. The molecule has 0 aliphatic heterocycles. The van der Waals surface area contributed by atoms with Crippen molar-refractivity contribution < 1.29 is 44.0 Å². The highest BCUT2D eigenvalue weighted by molar-refractivity contribution is 6.24. The van der Waals surface area contributed by atoms with Gasteiger partial charge in [0.2, 0.25) is 11.7 Å². The molecule has 186 valence electrons. The zero-order valence-electron chi connectivity index (χ0n) is 18.6. The number of allylic oxidation sites excluding steroid dienone is 2. The molecule has 2 amide bonds. The third-order valence-electron chi connectivity index (χ3n) is 6.82. The van der Waals surface area contributed by atoms with Crippen LogP contribution in [0.2, 0.25) is 0 Å². The number of primary amides is 1. The molecule has 11 nitrogen and oxygen atoms in total. The summed E-state index contributed by atoms with van der Waals surface area (Å²) >= 11 is 0. The number of aliphatic hydroxyl groups excluding tert-OH is 2. The van der Waals surface area contributed by atoms with Crippen molar-refractivity contribution >= 4 is 29.1 Å². The summed E-state index contributed by atoms with van der Waals surface area (Å²) in [6.45, 7) is 2.12. The second-order valence-electron chi connectivity index (χ2n) is 8.85. The fraction of sp³-hybridized carbons (Fsp3) is 0.391. The average molecular weight is 489 g/mol. The summed E-state index contributed by atoms with van der Waals surface area (Å²) in [5, 5.41) is 48.1. The molecule has 1 unspecified atom stereocenters. The Balaban J connectivity index is 1.81. The van der Waals surface area contributed by atoms with Crippen molar-refractivity contribution in [3.63, 3.8) is 0 Å². The standard InChI is InChI=1S/C23H24FN3O8/c1-2-26-7-14(29)27-12-6-11(24)10-4-8-3-9-5-13(28)17(22(25)34)21(33)23(9,35)20(32)15(8)19(31)16(10)18(12)30/h6,8-9,26,28,30,32,35H,2-5,7H2,1H3,(H2,25,34)(H,27,29)/t8?,9-,23-/m0/s1. The van der Waals surface area contributed by atoms with Crippen molar-refractivity contribution in [2.45, 2.75) is 31.8 Å². The molecule has 3 aliphatic rings. The number of nitrogens with two attached hydrogens (primary N) is 1. The van der Waals surface area contributed by atoms with E-state index in [4.69, 9.17) is 5.73 Å². The maximum atomic E-state index is 15.0. The molecule has 1 aromatic carbocycles. The van der Waals surface area contributed by atoms with E-state index < -0.39 is 80.6 Å². The average Bonchev–Trinajstić information content (AvgIpc) is 2.77. The number of hydrogen-bond acceptors (Lipinski definition) is 9. The highest BCUT2D eigenvalue weighted by Crippen LogP contribution is 2.52. The lowest BCUT2D eigenvalue weighted by molar-refractivity contribution is -0.144. The molecular formula is C23H24FN3O8. The van der Waals surface area contributed by atoms with Crippen molar-refractivity contribution in [2.24, 2.45) is 17.6 Å². The number of anilines is 1. The van der Waals surface area contributed by atoms with E-state index in [1.165, 1.54) is 0 Å². The molecule has 0 saturated carbocycles. The predicted molar refractivity (Wildman–Crippen MR) is 118 cm³/mol. The molecule has 0 aromatic heterocycles. The number of aliphatic hydroxyl groups is 3. The summed E-state index contributed by atoms with van der Waals surface area (Å²) in [6.07, 6.45) is -0.649. The van der Waals surface area contributed by atoms with Gasteiger partial charge in [0, 0.05) is 29.5 Å². The number of fused-ring (bicyclic) bond motifs is 3. The Morgan fingerprint density at radius 3 is 2.54 bits per heavy atom. The molecule has 0 fully saturated rings. The van der Waals surface area contributed by atoms with Gasteiger partial charge in [-0.1, -0.05) is 6.92 Å². The maximum Gasteiger partial charge on any atom is 0.255 e.